The third kappa shape index (κ3) is 1.96. The second kappa shape index (κ2) is 5.00. The van der Waals surface area contributed by atoms with E-state index in [1.165, 1.54) is 27.1 Å². The molecule has 0 spiro atoms. The molecule has 1 N–H and O–H groups in total. The minimum Gasteiger partial charge on any atom is -0.464 e. The molecule has 1 atom stereocenters. The fraction of sp³-hybridized carbons (Fsp3) is 0.0909. The van der Waals surface area contributed by atoms with Crippen LogP contribution in [0.25, 0.3) is 21.5 Å². The molecule has 5 rings (SSSR count). The van der Waals surface area contributed by atoms with Crippen LogP contribution in [0.1, 0.15) is 17.4 Å². The van der Waals surface area contributed by atoms with Crippen molar-refractivity contribution in [3.63, 3.8) is 0 Å². The van der Waals surface area contributed by atoms with Crippen molar-refractivity contribution >= 4 is 27.2 Å². The van der Waals surface area contributed by atoms with Crippen molar-refractivity contribution in [2.24, 2.45) is 0 Å². The van der Waals surface area contributed by atoms with Crippen LogP contribution in [0.4, 0.5) is 5.69 Å². The lowest BCUT2D eigenvalue weighted by atomic mass is 9.99. The van der Waals surface area contributed by atoms with Gasteiger partial charge in [0.15, 0.2) is 12.0 Å². The molecule has 1 unspecified atom stereocenters. The Balaban J connectivity index is 1.74. The second-order valence-corrected chi connectivity index (χ2v) is 6.38. The summed E-state index contributed by atoms with van der Waals surface area (Å²) in [6, 6.07) is 25.5. The number of nitrogens with one attached hydrogen (secondary N) is 1. The first-order valence-corrected chi connectivity index (χ1v) is 8.24. The minimum absolute atomic E-state index is 0.133. The molecule has 1 heterocycles. The summed E-state index contributed by atoms with van der Waals surface area (Å²) in [4.78, 5) is 0. The Labute approximate surface area is 140 Å². The van der Waals surface area contributed by atoms with Gasteiger partial charge in [-0.25, -0.2) is 0 Å². The summed E-state index contributed by atoms with van der Waals surface area (Å²) in [6.07, 6.45) is -0.133. The maximum absolute atomic E-state index is 6.34. The average molecular weight is 311 g/mol. The van der Waals surface area contributed by atoms with Crippen molar-refractivity contribution in [3.8, 4) is 5.75 Å². The van der Waals surface area contributed by atoms with Gasteiger partial charge in [0, 0.05) is 10.9 Å². The van der Waals surface area contributed by atoms with Gasteiger partial charge in [-0.1, -0.05) is 72.3 Å². The number of hydrogen-bond donors (Lipinski definition) is 1. The highest BCUT2D eigenvalue weighted by Gasteiger charge is 2.25. The smallest absolute Gasteiger partial charge is 0.196 e. The van der Waals surface area contributed by atoms with Crippen LogP contribution in [0, 0.1) is 6.92 Å². The maximum atomic E-state index is 6.34. The predicted octanol–water partition coefficient (Wildman–Crippen LogP) is 5.80. The summed E-state index contributed by atoms with van der Waals surface area (Å²) in [7, 11) is 0. The van der Waals surface area contributed by atoms with Crippen molar-refractivity contribution < 1.29 is 4.74 Å². The van der Waals surface area contributed by atoms with Gasteiger partial charge in [0.1, 0.15) is 0 Å². The van der Waals surface area contributed by atoms with E-state index >= 15 is 0 Å². The van der Waals surface area contributed by atoms with Crippen LogP contribution in [-0.4, -0.2) is 0 Å². The number of aryl methyl sites for hydroxylation is 1. The summed E-state index contributed by atoms with van der Waals surface area (Å²) in [5.41, 5.74) is 3.46. The van der Waals surface area contributed by atoms with E-state index in [1.54, 1.807) is 0 Å². The molecule has 2 nitrogen and oxygen atoms in total. The van der Waals surface area contributed by atoms with Crippen LogP contribution < -0.4 is 10.1 Å². The third-order valence-corrected chi connectivity index (χ3v) is 4.74. The summed E-state index contributed by atoms with van der Waals surface area (Å²) < 4.78 is 6.34. The SMILES string of the molecule is Cc1ccc2ccc3ccc4c(c3c2c1)OC(c1ccccc1)N4. The van der Waals surface area contributed by atoms with Gasteiger partial charge in [-0.05, 0) is 29.1 Å². The lowest BCUT2D eigenvalue weighted by Gasteiger charge is -2.12. The van der Waals surface area contributed by atoms with E-state index < -0.39 is 0 Å². The monoisotopic (exact) mass is 311 g/mol. The molecule has 0 saturated heterocycles. The Morgan fingerprint density at radius 2 is 1.58 bits per heavy atom. The molecule has 0 aliphatic carbocycles. The van der Waals surface area contributed by atoms with Crippen LogP contribution >= 0.6 is 0 Å². The van der Waals surface area contributed by atoms with E-state index in [-0.39, 0.29) is 6.23 Å². The molecule has 0 radical (unpaired) electrons. The molecule has 0 bridgehead atoms. The van der Waals surface area contributed by atoms with E-state index in [0.717, 1.165) is 17.0 Å². The summed E-state index contributed by atoms with van der Waals surface area (Å²) in [5, 5.41) is 8.40. The van der Waals surface area contributed by atoms with Crippen molar-refractivity contribution in [1.82, 2.24) is 0 Å². The molecule has 0 saturated carbocycles. The molecule has 0 aromatic heterocycles. The van der Waals surface area contributed by atoms with Crippen LogP contribution in [0.15, 0.2) is 72.8 Å². The molecule has 0 amide bonds. The first-order chi connectivity index (χ1) is 11.8. The van der Waals surface area contributed by atoms with Gasteiger partial charge < -0.3 is 10.1 Å². The number of benzene rings is 4. The zero-order chi connectivity index (χ0) is 16.1. The number of fused-ring (bicyclic) bond motifs is 5. The normalized spacial score (nSPS) is 16.0. The fourth-order valence-corrected chi connectivity index (χ4v) is 3.53. The zero-order valence-electron chi connectivity index (χ0n) is 13.4. The van der Waals surface area contributed by atoms with Crippen LogP contribution in [0.2, 0.25) is 0 Å². The molecular weight excluding hydrogens is 294 g/mol. The van der Waals surface area contributed by atoms with Crippen LogP contribution in [0.3, 0.4) is 0 Å². The van der Waals surface area contributed by atoms with Crippen molar-refractivity contribution in [1.29, 1.82) is 0 Å². The lowest BCUT2D eigenvalue weighted by Crippen LogP contribution is -2.09. The Kier molecular flexibility index (Phi) is 2.80. The molecule has 116 valence electrons. The average Bonchev–Trinajstić information content (AvgIpc) is 3.06. The number of hydrogen-bond acceptors (Lipinski definition) is 2. The quantitative estimate of drug-likeness (QED) is 0.448. The standard InChI is InChI=1S/C22H17NO/c1-14-7-8-15-9-10-16-11-12-19-21(20(16)18(15)13-14)24-22(23-19)17-5-3-2-4-6-17/h2-13,22-23H,1H3. The largest absolute Gasteiger partial charge is 0.464 e. The van der Waals surface area contributed by atoms with Gasteiger partial charge in [0.05, 0.1) is 5.69 Å². The summed E-state index contributed by atoms with van der Waals surface area (Å²) in [5.74, 6) is 0.956. The van der Waals surface area contributed by atoms with Crippen LogP contribution in [0.5, 0.6) is 5.75 Å². The first kappa shape index (κ1) is 13.4. The van der Waals surface area contributed by atoms with Crippen molar-refractivity contribution in [2.45, 2.75) is 13.2 Å². The van der Waals surface area contributed by atoms with E-state index in [2.05, 4.69) is 66.8 Å². The van der Waals surface area contributed by atoms with Crippen molar-refractivity contribution in [2.75, 3.05) is 5.32 Å². The Morgan fingerprint density at radius 1 is 0.833 bits per heavy atom. The highest BCUT2D eigenvalue weighted by molar-refractivity contribution is 6.13. The number of rotatable bonds is 1. The van der Waals surface area contributed by atoms with Gasteiger partial charge in [-0.3, -0.25) is 0 Å². The Hall–Kier alpha value is -3.00. The van der Waals surface area contributed by atoms with Crippen molar-refractivity contribution in [3.05, 3.63) is 83.9 Å². The summed E-state index contributed by atoms with van der Waals surface area (Å²) in [6.45, 7) is 2.13. The topological polar surface area (TPSA) is 21.3 Å². The maximum Gasteiger partial charge on any atom is 0.196 e. The highest BCUT2D eigenvalue weighted by Crippen LogP contribution is 2.45. The molecule has 1 aliphatic heterocycles. The Morgan fingerprint density at radius 3 is 2.46 bits per heavy atom. The molecule has 4 aromatic carbocycles. The zero-order valence-corrected chi connectivity index (χ0v) is 13.4. The third-order valence-electron chi connectivity index (χ3n) is 4.74. The Bertz CT molecular complexity index is 1070. The molecule has 0 fully saturated rings. The van der Waals surface area contributed by atoms with E-state index in [4.69, 9.17) is 4.74 Å². The van der Waals surface area contributed by atoms with Gasteiger partial charge >= 0.3 is 0 Å². The second-order valence-electron chi connectivity index (χ2n) is 6.38. The van der Waals surface area contributed by atoms with Gasteiger partial charge in [-0.2, -0.15) is 0 Å². The van der Waals surface area contributed by atoms with Gasteiger partial charge in [0.2, 0.25) is 0 Å². The molecule has 4 aromatic rings. The first-order valence-electron chi connectivity index (χ1n) is 8.24. The van der Waals surface area contributed by atoms with Gasteiger partial charge in [-0.15, -0.1) is 0 Å². The van der Waals surface area contributed by atoms with Gasteiger partial charge in [0.25, 0.3) is 0 Å². The molecule has 1 aliphatic rings. The fourth-order valence-electron chi connectivity index (χ4n) is 3.53. The summed E-state index contributed by atoms with van der Waals surface area (Å²) >= 11 is 0. The highest BCUT2D eigenvalue weighted by atomic mass is 16.5. The number of ether oxygens (including phenoxy) is 1. The molecule has 2 heteroatoms. The minimum atomic E-state index is -0.133. The molecule has 24 heavy (non-hydrogen) atoms. The predicted molar refractivity (Wildman–Crippen MR) is 99.6 cm³/mol. The number of anilines is 1. The van der Waals surface area contributed by atoms with Crippen LogP contribution in [-0.2, 0) is 0 Å². The van der Waals surface area contributed by atoms with E-state index in [9.17, 15) is 0 Å². The lowest BCUT2D eigenvalue weighted by molar-refractivity contribution is 0.263. The molecular formula is C22H17NO. The van der Waals surface area contributed by atoms with E-state index in [1.807, 2.05) is 18.2 Å². The van der Waals surface area contributed by atoms with E-state index in [0.29, 0.717) is 0 Å².